The normalized spacial score (nSPS) is 20.4. The van der Waals surface area contributed by atoms with Crippen molar-refractivity contribution in [2.24, 2.45) is 5.92 Å². The Morgan fingerprint density at radius 1 is 1.00 bits per heavy atom. The molecule has 3 aromatic rings. The second-order valence-corrected chi connectivity index (χ2v) is 17.0. The van der Waals surface area contributed by atoms with Crippen LogP contribution in [0.3, 0.4) is 0 Å². The summed E-state index contributed by atoms with van der Waals surface area (Å²) in [6.45, 7) is 15.9. The Labute approximate surface area is 333 Å². The first-order valence-electron chi connectivity index (χ1n) is 20.5. The van der Waals surface area contributed by atoms with Gasteiger partial charge in [-0.15, -0.1) is 0 Å². The summed E-state index contributed by atoms with van der Waals surface area (Å²) >= 11 is 0. The van der Waals surface area contributed by atoms with Crippen LogP contribution in [0.5, 0.6) is 5.75 Å². The number of esters is 2. The first-order chi connectivity index (χ1) is 27.1. The van der Waals surface area contributed by atoms with E-state index in [1.165, 1.54) is 19.3 Å². The summed E-state index contributed by atoms with van der Waals surface area (Å²) in [7, 11) is 0. The fourth-order valence-electron chi connectivity index (χ4n) is 8.80. The molecular weight excluding hydrogens is 730 g/mol. The molecule has 1 unspecified atom stereocenters. The lowest BCUT2D eigenvalue weighted by atomic mass is 9.85. The van der Waals surface area contributed by atoms with Gasteiger partial charge in [-0.1, -0.05) is 34.1 Å². The van der Waals surface area contributed by atoms with Crippen LogP contribution >= 0.6 is 0 Å². The smallest absolute Gasteiger partial charge is 0.415 e. The van der Waals surface area contributed by atoms with Gasteiger partial charge in [0.15, 0.2) is 0 Å². The highest BCUT2D eigenvalue weighted by atomic mass is 16.6. The second kappa shape index (κ2) is 15.8. The molecule has 14 nitrogen and oxygen atoms in total. The maximum atomic E-state index is 14.3. The van der Waals surface area contributed by atoms with Crippen LogP contribution in [0.2, 0.25) is 0 Å². The van der Waals surface area contributed by atoms with Crippen LogP contribution in [0.15, 0.2) is 29.1 Å². The molecule has 2 saturated heterocycles. The summed E-state index contributed by atoms with van der Waals surface area (Å²) < 4.78 is 24.5. The van der Waals surface area contributed by atoms with Gasteiger partial charge in [-0.25, -0.2) is 24.2 Å². The zero-order chi connectivity index (χ0) is 40.8. The number of carbonyl (C=O) groups is 4. The summed E-state index contributed by atoms with van der Waals surface area (Å²) in [5, 5.41) is 3.41. The molecule has 306 valence electrons. The quantitative estimate of drug-likeness (QED) is 0.160. The molecule has 2 aromatic heterocycles. The van der Waals surface area contributed by atoms with Gasteiger partial charge >= 0.3 is 24.1 Å². The number of ether oxygens (including phenoxy) is 4. The number of carbonyl (C=O) groups excluding carboxylic acids is 4. The van der Waals surface area contributed by atoms with E-state index >= 15 is 0 Å². The Hall–Kier alpha value is -4.98. The highest BCUT2D eigenvalue weighted by molar-refractivity contribution is 5.92. The van der Waals surface area contributed by atoms with Crippen molar-refractivity contribution in [1.82, 2.24) is 24.7 Å². The second-order valence-electron chi connectivity index (χ2n) is 17.0. The molecule has 6 heterocycles. The van der Waals surface area contributed by atoms with Gasteiger partial charge in [0.25, 0.3) is 5.56 Å². The summed E-state index contributed by atoms with van der Waals surface area (Å²) in [6.07, 6.45) is 5.10. The van der Waals surface area contributed by atoms with Crippen LogP contribution in [-0.4, -0.2) is 87.3 Å². The van der Waals surface area contributed by atoms with Gasteiger partial charge in [0, 0.05) is 35.6 Å². The Bertz CT molecular complexity index is 2140. The molecule has 2 amide bonds. The third-order valence-electron chi connectivity index (χ3n) is 11.8. The van der Waals surface area contributed by atoms with E-state index in [0.717, 1.165) is 42.4 Å². The molecule has 7 rings (SSSR count). The molecule has 0 saturated carbocycles. The van der Waals surface area contributed by atoms with Gasteiger partial charge in [0.1, 0.15) is 24.0 Å². The zero-order valence-electron chi connectivity index (χ0n) is 34.2. The van der Waals surface area contributed by atoms with E-state index in [2.05, 4.69) is 10.2 Å². The number of pyridine rings is 2. The number of fused-ring (bicyclic) bond motifs is 5. The molecule has 57 heavy (non-hydrogen) atoms. The standard InChI is InChI=1S/C43H55N5O9/c1-8-28-29-21-27(55-41(53)47-19-15-26(16-20-47)46-17-11-10-12-18-46)13-14-33(29)44-36-30(28)23-48-34(36)22-32-31(37(48)49)24-54-39(51)43(32,9-2)56-38(50)35(25(3)4)45-40(52)57-42(5,6)7/h13-14,21-22,25-26,35H,8-12,15-20,23-24H2,1-7H3,(H,45,52)/t35?,43-/m0/s1. The van der Waals surface area contributed by atoms with E-state index in [9.17, 15) is 24.0 Å². The number of cyclic esters (lactones) is 1. The van der Waals surface area contributed by atoms with Crippen molar-refractivity contribution in [1.29, 1.82) is 0 Å². The molecule has 1 aromatic carbocycles. The number of amides is 2. The Morgan fingerprint density at radius 2 is 1.72 bits per heavy atom. The minimum absolute atomic E-state index is 0.0269. The Morgan fingerprint density at radius 3 is 2.37 bits per heavy atom. The molecule has 4 aliphatic heterocycles. The topological polar surface area (TPSA) is 159 Å². The number of hydrogen-bond donors (Lipinski definition) is 1. The Balaban J connectivity index is 1.17. The summed E-state index contributed by atoms with van der Waals surface area (Å²) in [6, 6.07) is 6.49. The van der Waals surface area contributed by atoms with E-state index < -0.39 is 41.2 Å². The minimum atomic E-state index is -1.95. The molecule has 4 aliphatic rings. The van der Waals surface area contributed by atoms with Gasteiger partial charge < -0.3 is 38.6 Å². The number of likely N-dealkylation sites (tertiary alicyclic amines) is 2. The van der Waals surface area contributed by atoms with Crippen LogP contribution in [-0.2, 0) is 49.0 Å². The average Bonchev–Trinajstić information content (AvgIpc) is 3.55. The van der Waals surface area contributed by atoms with E-state index in [-0.39, 0.29) is 42.4 Å². The highest BCUT2D eigenvalue weighted by Crippen LogP contribution is 2.43. The van der Waals surface area contributed by atoms with Crippen LogP contribution in [0, 0.1) is 5.92 Å². The number of nitrogens with zero attached hydrogens (tertiary/aromatic N) is 4. The van der Waals surface area contributed by atoms with Crippen LogP contribution in [0.1, 0.15) is 109 Å². The minimum Gasteiger partial charge on any atom is -0.457 e. The lowest BCUT2D eigenvalue weighted by Gasteiger charge is -2.39. The molecule has 0 bridgehead atoms. The van der Waals surface area contributed by atoms with Crippen LogP contribution in [0.25, 0.3) is 22.3 Å². The van der Waals surface area contributed by atoms with Gasteiger partial charge in [0.05, 0.1) is 29.0 Å². The number of piperidine rings is 2. The summed E-state index contributed by atoms with van der Waals surface area (Å²) in [5.41, 5.74) is 0.862. The Kier molecular flexibility index (Phi) is 11.1. The maximum Gasteiger partial charge on any atom is 0.415 e. The number of aryl methyl sites for hydroxylation is 1. The lowest BCUT2D eigenvalue weighted by molar-refractivity contribution is -0.191. The largest absolute Gasteiger partial charge is 0.457 e. The van der Waals surface area contributed by atoms with Crippen molar-refractivity contribution in [3.05, 3.63) is 56.9 Å². The predicted octanol–water partition coefficient (Wildman–Crippen LogP) is 6.19. The molecule has 2 fully saturated rings. The van der Waals surface area contributed by atoms with Crippen molar-refractivity contribution < 1.29 is 38.1 Å². The number of hydrogen-bond acceptors (Lipinski definition) is 11. The lowest BCUT2D eigenvalue weighted by Crippen LogP contribution is -2.53. The van der Waals surface area contributed by atoms with Crippen LogP contribution in [0.4, 0.5) is 9.59 Å². The van der Waals surface area contributed by atoms with Crippen LogP contribution < -0.4 is 15.6 Å². The predicted molar refractivity (Wildman–Crippen MR) is 212 cm³/mol. The highest BCUT2D eigenvalue weighted by Gasteiger charge is 2.51. The average molecular weight is 786 g/mol. The third-order valence-corrected chi connectivity index (χ3v) is 11.8. The number of nitrogens with one attached hydrogen (secondary N) is 1. The zero-order valence-corrected chi connectivity index (χ0v) is 34.2. The monoisotopic (exact) mass is 785 g/mol. The van der Waals surface area contributed by atoms with Gasteiger partial charge in [0.2, 0.25) is 5.60 Å². The molecule has 0 radical (unpaired) electrons. The van der Waals surface area contributed by atoms with Crippen molar-refractivity contribution in [2.45, 2.75) is 130 Å². The number of alkyl carbamates (subject to hydrolysis) is 1. The third kappa shape index (κ3) is 7.72. The molecular formula is C43H55N5O9. The number of benzene rings is 1. The molecule has 0 spiro atoms. The SMILES string of the molecule is CCc1c2c(nc3ccc(OC(=O)N4CCC(N5CCCCC5)CC4)cc13)-c1cc3c(c(=O)n1C2)COC(=O)[C@@]3(CC)OC(=O)C(NC(=O)OC(C)(C)C)C(C)C. The maximum absolute atomic E-state index is 14.3. The molecule has 0 aliphatic carbocycles. The van der Waals surface area contributed by atoms with Crippen molar-refractivity contribution >= 4 is 35.0 Å². The van der Waals surface area contributed by atoms with Gasteiger partial charge in [-0.3, -0.25) is 4.79 Å². The molecule has 2 atom stereocenters. The molecule has 1 N–H and O–H groups in total. The van der Waals surface area contributed by atoms with E-state index in [1.807, 2.05) is 19.1 Å². The van der Waals surface area contributed by atoms with Crippen molar-refractivity contribution in [3.8, 4) is 17.1 Å². The fourth-order valence-corrected chi connectivity index (χ4v) is 8.80. The number of rotatable bonds is 8. The summed E-state index contributed by atoms with van der Waals surface area (Å²) in [5.74, 6) is -1.66. The summed E-state index contributed by atoms with van der Waals surface area (Å²) in [4.78, 5) is 77.2. The van der Waals surface area contributed by atoms with E-state index in [1.54, 1.807) is 63.1 Å². The molecule has 14 heteroatoms. The first-order valence-corrected chi connectivity index (χ1v) is 20.5. The van der Waals surface area contributed by atoms with E-state index in [4.69, 9.17) is 23.9 Å². The van der Waals surface area contributed by atoms with Crippen molar-refractivity contribution in [3.63, 3.8) is 0 Å². The fraction of sp³-hybridized carbons (Fsp3) is 0.581. The van der Waals surface area contributed by atoms with E-state index in [0.29, 0.717) is 48.2 Å². The van der Waals surface area contributed by atoms with Gasteiger partial charge in [-0.2, -0.15) is 0 Å². The van der Waals surface area contributed by atoms with Gasteiger partial charge in [-0.05, 0) is 108 Å². The van der Waals surface area contributed by atoms with Crippen molar-refractivity contribution in [2.75, 3.05) is 26.2 Å². The number of aromatic nitrogens is 2. The first kappa shape index (κ1) is 40.2.